The molecule has 2 aromatic rings. The molecule has 0 unspecified atom stereocenters. The fourth-order valence-corrected chi connectivity index (χ4v) is 2.24. The molecule has 1 aromatic carbocycles. The van der Waals surface area contributed by atoms with Crippen LogP contribution in [0.3, 0.4) is 0 Å². The van der Waals surface area contributed by atoms with Gasteiger partial charge in [0.1, 0.15) is 0 Å². The zero-order chi connectivity index (χ0) is 12.6. The Labute approximate surface area is 109 Å². The van der Waals surface area contributed by atoms with Crippen LogP contribution in [0.25, 0.3) is 10.9 Å². The van der Waals surface area contributed by atoms with Crippen molar-refractivity contribution in [3.8, 4) is 0 Å². The number of fused-ring (bicyclic) bond motifs is 1. The number of nitrogens with zero attached hydrogens (tertiary/aromatic N) is 1. The van der Waals surface area contributed by atoms with E-state index in [9.17, 15) is 0 Å². The first kappa shape index (κ1) is 12.4. The highest BCUT2D eigenvalue weighted by Crippen LogP contribution is 2.28. The van der Waals surface area contributed by atoms with E-state index in [4.69, 9.17) is 4.98 Å². The Morgan fingerprint density at radius 3 is 2.53 bits per heavy atom. The molecule has 0 aliphatic carbocycles. The molecule has 0 radical (unpaired) electrons. The SMILES string of the molecule is Cc1cccc2c(CS)cc(C(C)(C)C)nc12. The summed E-state index contributed by atoms with van der Waals surface area (Å²) in [4.78, 5) is 4.82. The van der Waals surface area contributed by atoms with Crippen LogP contribution in [0.4, 0.5) is 0 Å². The second-order valence-electron chi connectivity index (χ2n) is 5.55. The minimum atomic E-state index is 0.0775. The van der Waals surface area contributed by atoms with Crippen molar-refractivity contribution < 1.29 is 0 Å². The molecule has 0 aliphatic heterocycles. The Morgan fingerprint density at radius 2 is 1.94 bits per heavy atom. The molecular formula is C15H19NS. The van der Waals surface area contributed by atoms with Crippen molar-refractivity contribution >= 4 is 23.5 Å². The van der Waals surface area contributed by atoms with Crippen LogP contribution in [0.2, 0.25) is 0 Å². The predicted octanol–water partition coefficient (Wildman–Crippen LogP) is 4.27. The van der Waals surface area contributed by atoms with E-state index in [0.29, 0.717) is 0 Å². The topological polar surface area (TPSA) is 12.9 Å². The summed E-state index contributed by atoms with van der Waals surface area (Å²) in [5.41, 5.74) is 4.84. The average molecular weight is 245 g/mol. The normalized spacial score (nSPS) is 12.1. The van der Waals surface area contributed by atoms with Crippen molar-refractivity contribution in [2.24, 2.45) is 0 Å². The molecule has 0 atom stereocenters. The molecular weight excluding hydrogens is 226 g/mol. The third-order valence-corrected chi connectivity index (χ3v) is 3.41. The van der Waals surface area contributed by atoms with Gasteiger partial charge in [-0.3, -0.25) is 4.98 Å². The van der Waals surface area contributed by atoms with Crippen molar-refractivity contribution in [3.05, 3.63) is 41.1 Å². The zero-order valence-corrected chi connectivity index (χ0v) is 11.8. The molecule has 0 fully saturated rings. The van der Waals surface area contributed by atoms with Gasteiger partial charge in [-0.1, -0.05) is 39.0 Å². The fraction of sp³-hybridized carbons (Fsp3) is 0.400. The number of aromatic nitrogens is 1. The van der Waals surface area contributed by atoms with E-state index in [0.717, 1.165) is 17.0 Å². The Hall–Kier alpha value is -1.02. The van der Waals surface area contributed by atoms with Crippen molar-refractivity contribution in [2.45, 2.75) is 38.9 Å². The molecule has 1 nitrogen and oxygen atoms in total. The van der Waals surface area contributed by atoms with Crippen molar-refractivity contribution in [1.82, 2.24) is 4.98 Å². The van der Waals surface area contributed by atoms with Crippen molar-refractivity contribution in [1.29, 1.82) is 0 Å². The molecule has 0 saturated heterocycles. The summed E-state index contributed by atoms with van der Waals surface area (Å²) in [5, 5.41) is 1.23. The summed E-state index contributed by atoms with van der Waals surface area (Å²) < 4.78 is 0. The molecule has 90 valence electrons. The molecule has 2 heteroatoms. The lowest BCUT2D eigenvalue weighted by molar-refractivity contribution is 0.571. The number of thiol groups is 1. The van der Waals surface area contributed by atoms with E-state index in [1.165, 1.54) is 16.5 Å². The highest BCUT2D eigenvalue weighted by molar-refractivity contribution is 7.79. The van der Waals surface area contributed by atoms with Crippen LogP contribution in [0, 0.1) is 6.92 Å². The lowest BCUT2D eigenvalue weighted by atomic mass is 9.89. The van der Waals surface area contributed by atoms with Gasteiger partial charge in [-0.05, 0) is 24.1 Å². The molecule has 0 spiro atoms. The molecule has 17 heavy (non-hydrogen) atoms. The number of rotatable bonds is 1. The smallest absolute Gasteiger partial charge is 0.0737 e. The average Bonchev–Trinajstić information content (AvgIpc) is 2.27. The summed E-state index contributed by atoms with van der Waals surface area (Å²) in [7, 11) is 0. The van der Waals surface area contributed by atoms with E-state index in [1.54, 1.807) is 0 Å². The quantitative estimate of drug-likeness (QED) is 0.740. The van der Waals surface area contributed by atoms with Crippen LogP contribution >= 0.6 is 12.6 Å². The summed E-state index contributed by atoms with van der Waals surface area (Å²) in [6.07, 6.45) is 0. The van der Waals surface area contributed by atoms with Gasteiger partial charge in [0.2, 0.25) is 0 Å². The molecule has 1 aromatic heterocycles. The molecule has 0 N–H and O–H groups in total. The highest BCUT2D eigenvalue weighted by atomic mass is 32.1. The maximum absolute atomic E-state index is 4.82. The Bertz CT molecular complexity index is 553. The second-order valence-corrected chi connectivity index (χ2v) is 5.86. The van der Waals surface area contributed by atoms with E-state index in [-0.39, 0.29) is 5.41 Å². The predicted molar refractivity (Wildman–Crippen MR) is 77.9 cm³/mol. The Balaban J connectivity index is 2.81. The Morgan fingerprint density at radius 1 is 1.24 bits per heavy atom. The minimum absolute atomic E-state index is 0.0775. The second kappa shape index (κ2) is 4.34. The fourth-order valence-electron chi connectivity index (χ4n) is 1.98. The van der Waals surface area contributed by atoms with Gasteiger partial charge in [-0.2, -0.15) is 12.6 Å². The van der Waals surface area contributed by atoms with Crippen LogP contribution in [0.1, 0.15) is 37.6 Å². The lowest BCUT2D eigenvalue weighted by Gasteiger charge is -2.20. The van der Waals surface area contributed by atoms with Crippen LogP contribution in [0.15, 0.2) is 24.3 Å². The molecule has 2 rings (SSSR count). The number of benzene rings is 1. The van der Waals surface area contributed by atoms with Crippen molar-refractivity contribution in [2.75, 3.05) is 0 Å². The van der Waals surface area contributed by atoms with Gasteiger partial charge in [-0.25, -0.2) is 0 Å². The van der Waals surface area contributed by atoms with Crippen LogP contribution < -0.4 is 0 Å². The third-order valence-electron chi connectivity index (χ3n) is 3.07. The third kappa shape index (κ3) is 2.32. The zero-order valence-electron chi connectivity index (χ0n) is 10.9. The summed E-state index contributed by atoms with van der Waals surface area (Å²) in [6, 6.07) is 8.52. The number of aryl methyl sites for hydroxylation is 1. The van der Waals surface area contributed by atoms with Gasteiger partial charge in [0.15, 0.2) is 0 Å². The lowest BCUT2D eigenvalue weighted by Crippen LogP contribution is -2.14. The summed E-state index contributed by atoms with van der Waals surface area (Å²) in [6.45, 7) is 8.70. The van der Waals surface area contributed by atoms with Crippen LogP contribution in [-0.2, 0) is 11.2 Å². The van der Waals surface area contributed by atoms with Gasteiger partial charge >= 0.3 is 0 Å². The van der Waals surface area contributed by atoms with E-state index < -0.39 is 0 Å². The van der Waals surface area contributed by atoms with Crippen molar-refractivity contribution in [3.63, 3.8) is 0 Å². The molecule has 0 amide bonds. The van der Waals surface area contributed by atoms with Gasteiger partial charge in [0.05, 0.1) is 5.52 Å². The minimum Gasteiger partial charge on any atom is -0.252 e. The standard InChI is InChI=1S/C15H19NS/c1-10-6-5-7-12-11(9-17)8-13(15(2,3)4)16-14(10)12/h5-8,17H,9H2,1-4H3. The number of pyridine rings is 1. The number of hydrogen-bond donors (Lipinski definition) is 1. The molecule has 0 saturated carbocycles. The highest BCUT2D eigenvalue weighted by Gasteiger charge is 2.17. The first-order chi connectivity index (χ1) is 7.93. The first-order valence-electron chi connectivity index (χ1n) is 5.94. The van der Waals surface area contributed by atoms with Gasteiger partial charge in [0.25, 0.3) is 0 Å². The number of hydrogen-bond acceptors (Lipinski definition) is 2. The maximum Gasteiger partial charge on any atom is 0.0737 e. The van der Waals surface area contributed by atoms with E-state index >= 15 is 0 Å². The van der Waals surface area contributed by atoms with E-state index in [2.05, 4.69) is 64.6 Å². The van der Waals surface area contributed by atoms with Gasteiger partial charge < -0.3 is 0 Å². The molecule has 0 aliphatic rings. The van der Waals surface area contributed by atoms with Crippen LogP contribution in [-0.4, -0.2) is 4.98 Å². The first-order valence-corrected chi connectivity index (χ1v) is 6.57. The summed E-state index contributed by atoms with van der Waals surface area (Å²) >= 11 is 4.44. The molecule has 0 bridgehead atoms. The monoisotopic (exact) mass is 245 g/mol. The van der Waals surface area contributed by atoms with Gasteiger partial charge in [-0.15, -0.1) is 0 Å². The van der Waals surface area contributed by atoms with E-state index in [1.807, 2.05) is 0 Å². The van der Waals surface area contributed by atoms with Crippen LogP contribution in [0.5, 0.6) is 0 Å². The largest absolute Gasteiger partial charge is 0.252 e. The Kier molecular flexibility index (Phi) is 3.17. The summed E-state index contributed by atoms with van der Waals surface area (Å²) in [5.74, 6) is 0.756. The molecule has 1 heterocycles. The number of para-hydroxylation sites is 1. The van der Waals surface area contributed by atoms with Gasteiger partial charge in [0, 0.05) is 22.2 Å². The maximum atomic E-state index is 4.82.